The number of carbonyl (C=O) groups excluding carboxylic acids is 1. The van der Waals surface area contributed by atoms with Gasteiger partial charge in [0.25, 0.3) is 5.56 Å². The van der Waals surface area contributed by atoms with Gasteiger partial charge in [0.1, 0.15) is 6.61 Å². The summed E-state index contributed by atoms with van der Waals surface area (Å²) in [5, 5.41) is 0. The minimum Gasteiger partial charge on any atom is -0.460 e. The second kappa shape index (κ2) is 10.9. The van der Waals surface area contributed by atoms with Gasteiger partial charge in [0.05, 0.1) is 19.8 Å². The number of aryl methyl sites for hydroxylation is 1. The van der Waals surface area contributed by atoms with Crippen molar-refractivity contribution in [1.29, 1.82) is 0 Å². The van der Waals surface area contributed by atoms with Crippen LogP contribution >= 0.6 is 12.2 Å². The molecule has 0 aliphatic rings. The number of hydrogen-bond donors (Lipinski definition) is 1. The standard InChI is InChI=1S/C15H22N2O5S/c1-12(2)14(19)22-11-10-21-9-8-20-7-3-5-17-6-4-13(18)16-15(17)23/h4,6H,1,3,5,7-11H2,2H3,(H,16,18,23). The second-order valence-electron chi connectivity index (χ2n) is 4.80. The minimum absolute atomic E-state index is 0.200. The van der Waals surface area contributed by atoms with Gasteiger partial charge >= 0.3 is 5.97 Å². The van der Waals surface area contributed by atoms with Gasteiger partial charge in [-0.3, -0.25) is 9.78 Å². The van der Waals surface area contributed by atoms with E-state index in [1.807, 2.05) is 0 Å². The van der Waals surface area contributed by atoms with Crippen molar-refractivity contribution in [1.82, 2.24) is 9.55 Å². The average Bonchev–Trinajstić information content (AvgIpc) is 2.50. The quantitative estimate of drug-likeness (QED) is 0.284. The molecule has 23 heavy (non-hydrogen) atoms. The zero-order chi connectivity index (χ0) is 17.1. The average molecular weight is 342 g/mol. The van der Waals surface area contributed by atoms with Crippen LogP contribution in [0, 0.1) is 4.77 Å². The predicted molar refractivity (Wildman–Crippen MR) is 87.9 cm³/mol. The largest absolute Gasteiger partial charge is 0.460 e. The molecular formula is C15H22N2O5S. The molecule has 7 nitrogen and oxygen atoms in total. The van der Waals surface area contributed by atoms with E-state index < -0.39 is 5.97 Å². The molecule has 8 heteroatoms. The van der Waals surface area contributed by atoms with Crippen LogP contribution in [-0.2, 0) is 25.5 Å². The van der Waals surface area contributed by atoms with Crippen molar-refractivity contribution in [2.75, 3.05) is 33.0 Å². The highest BCUT2D eigenvalue weighted by Crippen LogP contribution is 1.93. The van der Waals surface area contributed by atoms with Gasteiger partial charge in [0.15, 0.2) is 4.77 Å². The maximum atomic E-state index is 11.1. The normalized spacial score (nSPS) is 10.5. The Kier molecular flexibility index (Phi) is 9.11. The van der Waals surface area contributed by atoms with Gasteiger partial charge < -0.3 is 18.8 Å². The Balaban J connectivity index is 1.98. The van der Waals surface area contributed by atoms with E-state index in [1.165, 1.54) is 6.07 Å². The molecule has 0 spiro atoms. The van der Waals surface area contributed by atoms with E-state index in [2.05, 4.69) is 11.6 Å². The van der Waals surface area contributed by atoms with Crippen molar-refractivity contribution < 1.29 is 19.0 Å². The van der Waals surface area contributed by atoms with Crippen LogP contribution in [0.25, 0.3) is 0 Å². The van der Waals surface area contributed by atoms with E-state index in [0.29, 0.717) is 43.3 Å². The van der Waals surface area contributed by atoms with Gasteiger partial charge in [0.2, 0.25) is 0 Å². The zero-order valence-corrected chi connectivity index (χ0v) is 14.0. The number of H-pyrrole nitrogens is 1. The lowest BCUT2D eigenvalue weighted by Crippen LogP contribution is -2.14. The molecule has 1 aromatic heterocycles. The Morgan fingerprint density at radius 1 is 1.26 bits per heavy atom. The number of carbonyl (C=O) groups is 1. The molecule has 0 aliphatic heterocycles. The fourth-order valence-electron chi connectivity index (χ4n) is 1.60. The number of nitrogens with one attached hydrogen (secondary N) is 1. The summed E-state index contributed by atoms with van der Waals surface area (Å²) >= 11 is 5.04. The summed E-state index contributed by atoms with van der Waals surface area (Å²) in [5.74, 6) is -0.411. The molecule has 0 atom stereocenters. The highest BCUT2D eigenvalue weighted by molar-refractivity contribution is 7.71. The molecule has 0 aromatic carbocycles. The van der Waals surface area contributed by atoms with E-state index in [9.17, 15) is 9.59 Å². The molecule has 0 fully saturated rings. The molecule has 1 N–H and O–H groups in total. The zero-order valence-electron chi connectivity index (χ0n) is 13.2. The van der Waals surface area contributed by atoms with Gasteiger partial charge in [-0.25, -0.2) is 4.79 Å². The first-order chi connectivity index (χ1) is 11.0. The van der Waals surface area contributed by atoms with Crippen LogP contribution < -0.4 is 5.56 Å². The van der Waals surface area contributed by atoms with Crippen LogP contribution in [0.2, 0.25) is 0 Å². The number of rotatable bonds is 11. The van der Waals surface area contributed by atoms with Crippen molar-refractivity contribution in [3.63, 3.8) is 0 Å². The lowest BCUT2D eigenvalue weighted by atomic mass is 10.4. The van der Waals surface area contributed by atoms with Crippen molar-refractivity contribution in [3.8, 4) is 0 Å². The van der Waals surface area contributed by atoms with Crippen molar-refractivity contribution in [3.05, 3.63) is 39.5 Å². The van der Waals surface area contributed by atoms with Gasteiger partial charge in [-0.05, 0) is 25.6 Å². The predicted octanol–water partition coefficient (Wildman–Crippen LogP) is 1.45. The Hall–Kier alpha value is -1.77. The number of ether oxygens (including phenoxy) is 3. The van der Waals surface area contributed by atoms with Crippen molar-refractivity contribution in [2.45, 2.75) is 19.9 Å². The molecule has 0 amide bonds. The highest BCUT2D eigenvalue weighted by atomic mass is 32.1. The Morgan fingerprint density at radius 2 is 1.91 bits per heavy atom. The Morgan fingerprint density at radius 3 is 2.57 bits per heavy atom. The molecule has 128 valence electrons. The Bertz CT molecular complexity index is 623. The fourth-order valence-corrected chi connectivity index (χ4v) is 1.85. The molecular weight excluding hydrogens is 320 g/mol. The molecule has 0 radical (unpaired) electrons. The van der Waals surface area contributed by atoms with Crippen LogP contribution in [0.3, 0.4) is 0 Å². The first-order valence-corrected chi connectivity index (χ1v) is 7.69. The van der Waals surface area contributed by atoms with Crippen molar-refractivity contribution in [2.24, 2.45) is 0 Å². The first kappa shape index (κ1) is 19.3. The minimum atomic E-state index is -0.411. The summed E-state index contributed by atoms with van der Waals surface area (Å²) in [6, 6.07) is 1.44. The smallest absolute Gasteiger partial charge is 0.333 e. The first-order valence-electron chi connectivity index (χ1n) is 7.28. The molecule has 0 bridgehead atoms. The molecule has 1 aromatic rings. The summed E-state index contributed by atoms with van der Waals surface area (Å²) in [6.45, 7) is 7.75. The number of esters is 1. The van der Waals surface area contributed by atoms with E-state index in [1.54, 1.807) is 17.7 Å². The number of nitrogens with zero attached hydrogens (tertiary/aromatic N) is 1. The van der Waals surface area contributed by atoms with Crippen molar-refractivity contribution >= 4 is 18.2 Å². The van der Waals surface area contributed by atoms with E-state index >= 15 is 0 Å². The van der Waals surface area contributed by atoms with Crippen LogP contribution in [0.5, 0.6) is 0 Å². The van der Waals surface area contributed by atoms with Crippen LogP contribution in [0.15, 0.2) is 29.2 Å². The molecule has 1 heterocycles. The van der Waals surface area contributed by atoms with Gasteiger partial charge in [0, 0.05) is 31.0 Å². The molecule has 0 saturated carbocycles. The van der Waals surface area contributed by atoms with Crippen LogP contribution in [0.1, 0.15) is 13.3 Å². The van der Waals surface area contributed by atoms with Gasteiger partial charge in [-0.2, -0.15) is 0 Å². The third kappa shape index (κ3) is 8.44. The Labute approximate surface area is 139 Å². The third-order valence-electron chi connectivity index (χ3n) is 2.77. The summed E-state index contributed by atoms with van der Waals surface area (Å²) < 4.78 is 17.8. The number of aromatic amines is 1. The number of hydrogen-bond acceptors (Lipinski definition) is 6. The summed E-state index contributed by atoms with van der Waals surface area (Å²) in [4.78, 5) is 24.7. The van der Waals surface area contributed by atoms with E-state index in [0.717, 1.165) is 6.42 Å². The van der Waals surface area contributed by atoms with Crippen LogP contribution in [-0.4, -0.2) is 48.6 Å². The summed E-state index contributed by atoms with van der Waals surface area (Å²) in [6.07, 6.45) is 2.44. The SMILES string of the molecule is C=C(C)C(=O)OCCOCCOCCCn1ccc(=O)[nH]c1=S. The van der Waals surface area contributed by atoms with E-state index in [4.69, 9.17) is 26.4 Å². The monoisotopic (exact) mass is 342 g/mol. The molecule has 0 unspecified atom stereocenters. The van der Waals surface area contributed by atoms with Gasteiger partial charge in [-0.1, -0.05) is 6.58 Å². The van der Waals surface area contributed by atoms with Gasteiger partial charge in [-0.15, -0.1) is 0 Å². The maximum Gasteiger partial charge on any atom is 0.333 e. The van der Waals surface area contributed by atoms with E-state index in [-0.39, 0.29) is 12.2 Å². The lowest BCUT2D eigenvalue weighted by Gasteiger charge is -2.08. The second-order valence-corrected chi connectivity index (χ2v) is 5.18. The summed E-state index contributed by atoms with van der Waals surface area (Å²) in [7, 11) is 0. The molecule has 0 saturated heterocycles. The molecule has 0 aliphatic carbocycles. The lowest BCUT2D eigenvalue weighted by molar-refractivity contribution is -0.140. The number of aromatic nitrogens is 2. The fraction of sp³-hybridized carbons (Fsp3) is 0.533. The maximum absolute atomic E-state index is 11.1. The third-order valence-corrected chi connectivity index (χ3v) is 3.10. The van der Waals surface area contributed by atoms with Crippen LogP contribution in [0.4, 0.5) is 0 Å². The summed E-state index contributed by atoms with van der Waals surface area (Å²) in [5.41, 5.74) is 0.171. The topological polar surface area (TPSA) is 82.6 Å². The highest BCUT2D eigenvalue weighted by Gasteiger charge is 2.01. The molecule has 1 rings (SSSR count).